The van der Waals surface area contributed by atoms with E-state index in [4.69, 9.17) is 0 Å². The van der Waals surface area contributed by atoms with E-state index >= 15 is 0 Å². The molecule has 25 heavy (non-hydrogen) atoms. The fraction of sp³-hybridized carbons (Fsp3) is 0.150. The Morgan fingerprint density at radius 3 is 2.44 bits per heavy atom. The molecule has 0 aliphatic heterocycles. The van der Waals surface area contributed by atoms with Gasteiger partial charge in [0.05, 0.1) is 12.6 Å². The average Bonchev–Trinajstić information content (AvgIpc) is 3.13. The van der Waals surface area contributed by atoms with Crippen molar-refractivity contribution < 1.29 is 9.18 Å². The molecule has 0 radical (unpaired) electrons. The van der Waals surface area contributed by atoms with Gasteiger partial charge in [-0.2, -0.15) is 0 Å². The van der Waals surface area contributed by atoms with E-state index in [-0.39, 0.29) is 24.3 Å². The summed E-state index contributed by atoms with van der Waals surface area (Å²) in [6.07, 6.45) is 0. The number of carbonyl (C=O) groups is 1. The van der Waals surface area contributed by atoms with Crippen molar-refractivity contribution in [1.82, 2.24) is 5.32 Å². The molecule has 0 saturated heterocycles. The summed E-state index contributed by atoms with van der Waals surface area (Å²) in [4.78, 5) is 13.3. The minimum atomic E-state index is -0.326. The van der Waals surface area contributed by atoms with Gasteiger partial charge in [-0.1, -0.05) is 35.9 Å². The summed E-state index contributed by atoms with van der Waals surface area (Å²) in [6, 6.07) is 18.0. The Hall–Kier alpha value is -2.50. The maximum Gasteiger partial charge on any atom is 0.238 e. The molecule has 0 fully saturated rings. The van der Waals surface area contributed by atoms with Crippen molar-refractivity contribution in [2.24, 2.45) is 0 Å². The third-order valence-electron chi connectivity index (χ3n) is 3.83. The highest BCUT2D eigenvalue weighted by molar-refractivity contribution is 7.10. The summed E-state index contributed by atoms with van der Waals surface area (Å²) in [5.74, 6) is -0.492. The molecule has 3 aromatic rings. The van der Waals surface area contributed by atoms with E-state index in [1.807, 2.05) is 18.4 Å². The third kappa shape index (κ3) is 4.75. The highest BCUT2D eigenvalue weighted by Crippen LogP contribution is 2.26. The molecule has 1 heterocycles. The number of rotatable bonds is 6. The van der Waals surface area contributed by atoms with Crippen molar-refractivity contribution in [3.63, 3.8) is 0 Å². The lowest BCUT2D eigenvalue weighted by atomic mass is 10.0. The zero-order valence-electron chi connectivity index (χ0n) is 13.8. The minimum absolute atomic E-state index is 0.0421. The van der Waals surface area contributed by atoms with Crippen LogP contribution in [0.5, 0.6) is 0 Å². The van der Waals surface area contributed by atoms with E-state index in [0.717, 1.165) is 10.4 Å². The number of carbonyl (C=O) groups excluding carboxylic acids is 1. The first-order chi connectivity index (χ1) is 12.1. The van der Waals surface area contributed by atoms with E-state index in [1.54, 1.807) is 23.5 Å². The average molecular weight is 354 g/mol. The second kappa shape index (κ2) is 8.05. The van der Waals surface area contributed by atoms with Crippen LogP contribution in [0.15, 0.2) is 66.0 Å². The van der Waals surface area contributed by atoms with Gasteiger partial charge in [-0.15, -0.1) is 11.3 Å². The van der Waals surface area contributed by atoms with Gasteiger partial charge in [0, 0.05) is 10.6 Å². The number of thiophene rings is 1. The van der Waals surface area contributed by atoms with Crippen LogP contribution < -0.4 is 10.6 Å². The molecule has 3 rings (SSSR count). The quantitative estimate of drug-likeness (QED) is 0.684. The maximum atomic E-state index is 12.9. The van der Waals surface area contributed by atoms with Gasteiger partial charge in [0.25, 0.3) is 0 Å². The normalized spacial score (nSPS) is 11.9. The fourth-order valence-corrected chi connectivity index (χ4v) is 3.36. The molecule has 0 aliphatic carbocycles. The lowest BCUT2D eigenvalue weighted by molar-refractivity contribution is -0.115. The van der Waals surface area contributed by atoms with Crippen LogP contribution in [0.25, 0.3) is 0 Å². The maximum absolute atomic E-state index is 12.9. The van der Waals surface area contributed by atoms with Crippen molar-refractivity contribution in [3.8, 4) is 0 Å². The summed E-state index contributed by atoms with van der Waals surface area (Å²) in [6.45, 7) is 2.21. The zero-order chi connectivity index (χ0) is 17.6. The Kier molecular flexibility index (Phi) is 5.58. The topological polar surface area (TPSA) is 41.1 Å². The van der Waals surface area contributed by atoms with E-state index in [9.17, 15) is 9.18 Å². The molecule has 1 atom stereocenters. The smallest absolute Gasteiger partial charge is 0.238 e. The summed E-state index contributed by atoms with van der Waals surface area (Å²) in [5, 5.41) is 8.10. The first kappa shape index (κ1) is 17.3. The Morgan fingerprint density at radius 1 is 1.08 bits per heavy atom. The summed E-state index contributed by atoms with van der Waals surface area (Å²) >= 11 is 1.65. The van der Waals surface area contributed by atoms with Gasteiger partial charge < -0.3 is 5.32 Å². The molecular formula is C20H19FN2OS. The van der Waals surface area contributed by atoms with Crippen LogP contribution in [0.1, 0.15) is 22.0 Å². The highest BCUT2D eigenvalue weighted by Gasteiger charge is 2.16. The van der Waals surface area contributed by atoms with Crippen LogP contribution in [0.4, 0.5) is 10.1 Å². The molecule has 5 heteroatoms. The van der Waals surface area contributed by atoms with E-state index in [0.29, 0.717) is 5.69 Å². The minimum Gasteiger partial charge on any atom is -0.325 e. The number of nitrogens with one attached hydrogen (secondary N) is 2. The Bertz CT molecular complexity index is 814. The molecule has 2 aromatic carbocycles. The Balaban J connectivity index is 1.67. The van der Waals surface area contributed by atoms with Crippen molar-refractivity contribution in [2.75, 3.05) is 11.9 Å². The summed E-state index contributed by atoms with van der Waals surface area (Å²) < 4.78 is 12.9. The van der Waals surface area contributed by atoms with Crippen molar-refractivity contribution in [1.29, 1.82) is 0 Å². The van der Waals surface area contributed by atoms with Crippen LogP contribution in [0, 0.1) is 12.7 Å². The van der Waals surface area contributed by atoms with Crippen LogP contribution in [0.3, 0.4) is 0 Å². The monoisotopic (exact) mass is 354 g/mol. The predicted octanol–water partition coefficient (Wildman–Crippen LogP) is 4.51. The van der Waals surface area contributed by atoms with Gasteiger partial charge in [-0.25, -0.2) is 4.39 Å². The van der Waals surface area contributed by atoms with Gasteiger partial charge in [0.1, 0.15) is 5.82 Å². The summed E-state index contributed by atoms with van der Waals surface area (Å²) in [7, 11) is 0. The number of anilines is 1. The van der Waals surface area contributed by atoms with Crippen LogP contribution >= 0.6 is 11.3 Å². The molecule has 0 spiro atoms. The number of benzene rings is 2. The highest BCUT2D eigenvalue weighted by atomic mass is 32.1. The molecule has 0 unspecified atom stereocenters. The van der Waals surface area contributed by atoms with Gasteiger partial charge in [0.2, 0.25) is 5.91 Å². The number of hydrogen-bond donors (Lipinski definition) is 2. The number of hydrogen-bond acceptors (Lipinski definition) is 3. The van der Waals surface area contributed by atoms with Crippen molar-refractivity contribution in [2.45, 2.75) is 13.0 Å². The lowest BCUT2D eigenvalue weighted by Gasteiger charge is -2.18. The molecule has 0 saturated carbocycles. The second-order valence-corrected chi connectivity index (χ2v) is 6.77. The fourth-order valence-electron chi connectivity index (χ4n) is 2.53. The van der Waals surface area contributed by atoms with Crippen LogP contribution in [0.2, 0.25) is 0 Å². The first-order valence-corrected chi connectivity index (χ1v) is 8.88. The van der Waals surface area contributed by atoms with Crippen molar-refractivity contribution in [3.05, 3.63) is 87.9 Å². The SMILES string of the molecule is Cc1ccc([C@@H](NCC(=O)Nc2ccc(F)cc2)c2cccs2)cc1. The molecular weight excluding hydrogens is 335 g/mol. The number of amides is 1. The molecule has 2 N–H and O–H groups in total. The van der Waals surface area contributed by atoms with E-state index in [2.05, 4.69) is 41.0 Å². The number of halogens is 1. The Labute approximate surface area is 150 Å². The predicted molar refractivity (Wildman–Crippen MR) is 100 cm³/mol. The third-order valence-corrected chi connectivity index (χ3v) is 4.77. The van der Waals surface area contributed by atoms with Gasteiger partial charge in [-0.3, -0.25) is 10.1 Å². The number of aryl methyl sites for hydroxylation is 1. The largest absolute Gasteiger partial charge is 0.325 e. The molecule has 1 amide bonds. The van der Waals surface area contributed by atoms with Gasteiger partial charge in [-0.05, 0) is 48.2 Å². The molecule has 0 aliphatic rings. The lowest BCUT2D eigenvalue weighted by Crippen LogP contribution is -2.31. The van der Waals surface area contributed by atoms with E-state index < -0.39 is 0 Å². The molecule has 1 aromatic heterocycles. The first-order valence-electron chi connectivity index (χ1n) is 8.00. The van der Waals surface area contributed by atoms with Crippen LogP contribution in [-0.2, 0) is 4.79 Å². The van der Waals surface area contributed by atoms with Crippen LogP contribution in [-0.4, -0.2) is 12.5 Å². The zero-order valence-corrected chi connectivity index (χ0v) is 14.6. The standard InChI is InChI=1S/C20H19FN2OS/c1-14-4-6-15(7-5-14)20(18-3-2-12-25-18)22-13-19(24)23-17-10-8-16(21)9-11-17/h2-12,20,22H,13H2,1H3,(H,23,24)/t20-/m1/s1. The Morgan fingerprint density at radius 2 is 1.80 bits per heavy atom. The molecule has 128 valence electrons. The van der Waals surface area contributed by atoms with Crippen molar-refractivity contribution >= 4 is 22.9 Å². The molecule has 0 bridgehead atoms. The summed E-state index contributed by atoms with van der Waals surface area (Å²) in [5.41, 5.74) is 2.89. The van der Waals surface area contributed by atoms with Gasteiger partial charge in [0.15, 0.2) is 0 Å². The molecule has 3 nitrogen and oxygen atoms in total. The van der Waals surface area contributed by atoms with Gasteiger partial charge >= 0.3 is 0 Å². The van der Waals surface area contributed by atoms with E-state index in [1.165, 1.54) is 17.7 Å². The second-order valence-electron chi connectivity index (χ2n) is 5.80.